The molecule has 3 atom stereocenters. The van der Waals surface area contributed by atoms with Crippen LogP contribution in [0.15, 0.2) is 6.07 Å². The van der Waals surface area contributed by atoms with Crippen molar-refractivity contribution in [1.82, 2.24) is 25.3 Å². The average molecular weight is 434 g/mol. The van der Waals surface area contributed by atoms with Gasteiger partial charge < -0.3 is 15.5 Å². The van der Waals surface area contributed by atoms with Crippen LogP contribution in [0.4, 0.5) is 0 Å². The van der Waals surface area contributed by atoms with Gasteiger partial charge in [-0.05, 0) is 65.0 Å². The van der Waals surface area contributed by atoms with E-state index in [2.05, 4.69) is 15.7 Å². The third-order valence-corrected chi connectivity index (χ3v) is 5.54. The van der Waals surface area contributed by atoms with Crippen LogP contribution in [-0.4, -0.2) is 58.7 Å². The van der Waals surface area contributed by atoms with Crippen LogP contribution >= 0.6 is 24.8 Å². The maximum atomic E-state index is 12.9. The van der Waals surface area contributed by atoms with E-state index >= 15 is 0 Å². The number of halogens is 2. The lowest BCUT2D eigenvalue weighted by Gasteiger charge is -2.34. The molecular weight excluding hydrogens is 401 g/mol. The Hall–Kier alpha value is -1.31. The van der Waals surface area contributed by atoms with Crippen molar-refractivity contribution in [2.45, 2.75) is 58.5 Å². The highest BCUT2D eigenvalue weighted by Gasteiger charge is 2.29. The monoisotopic (exact) mass is 433 g/mol. The summed E-state index contributed by atoms with van der Waals surface area (Å²) in [7, 11) is 0. The number of carbonyl (C=O) groups excluding carboxylic acids is 2. The number of amides is 2. The van der Waals surface area contributed by atoms with Crippen molar-refractivity contribution < 1.29 is 9.59 Å². The van der Waals surface area contributed by atoms with E-state index in [1.165, 1.54) is 0 Å². The van der Waals surface area contributed by atoms with Crippen LogP contribution in [0.3, 0.4) is 0 Å². The van der Waals surface area contributed by atoms with Crippen LogP contribution in [0.2, 0.25) is 0 Å². The Bertz CT molecular complexity index is 661. The third-order valence-electron chi connectivity index (χ3n) is 5.54. The van der Waals surface area contributed by atoms with Crippen molar-refractivity contribution in [3.8, 4) is 0 Å². The molecule has 0 spiro atoms. The average Bonchev–Trinajstić information content (AvgIpc) is 3.28. The first-order chi connectivity index (χ1) is 12.5. The van der Waals surface area contributed by atoms with Gasteiger partial charge in [0, 0.05) is 25.3 Å². The Balaban J connectivity index is 0.00000196. The lowest BCUT2D eigenvalue weighted by atomic mass is 9.97. The van der Waals surface area contributed by atoms with E-state index in [0.29, 0.717) is 19.0 Å². The van der Waals surface area contributed by atoms with E-state index in [4.69, 9.17) is 0 Å². The van der Waals surface area contributed by atoms with Crippen molar-refractivity contribution in [3.63, 3.8) is 0 Å². The fourth-order valence-electron chi connectivity index (χ4n) is 4.12. The minimum Gasteiger partial charge on any atom is -0.354 e. The van der Waals surface area contributed by atoms with Crippen molar-refractivity contribution in [1.29, 1.82) is 0 Å². The molecule has 2 amide bonds. The zero-order chi connectivity index (χ0) is 18.7. The lowest BCUT2D eigenvalue weighted by Crippen LogP contribution is -2.48. The van der Waals surface area contributed by atoms with Gasteiger partial charge in [0.2, 0.25) is 11.8 Å². The Morgan fingerprint density at radius 2 is 2.04 bits per heavy atom. The topological polar surface area (TPSA) is 79.3 Å². The summed E-state index contributed by atoms with van der Waals surface area (Å²) < 4.78 is 1.81. The Morgan fingerprint density at radius 1 is 1.29 bits per heavy atom. The van der Waals surface area contributed by atoms with E-state index in [9.17, 15) is 9.59 Å². The van der Waals surface area contributed by atoms with Gasteiger partial charge >= 0.3 is 0 Å². The molecule has 160 valence electrons. The number of aryl methyl sites for hydroxylation is 2. The SMILES string of the molecule is Cc1cc(C)n(C(C)C(=O)N2CCCC(CNC(=O)C3CCCN3)C2)n1.Cl.Cl. The predicted molar refractivity (Wildman–Crippen MR) is 114 cm³/mol. The summed E-state index contributed by atoms with van der Waals surface area (Å²) in [6.45, 7) is 8.91. The highest BCUT2D eigenvalue weighted by Crippen LogP contribution is 2.20. The molecule has 1 aromatic heterocycles. The normalized spacial score (nSPS) is 22.8. The fraction of sp³-hybridized carbons (Fsp3) is 0.737. The van der Waals surface area contributed by atoms with Crippen molar-refractivity contribution >= 4 is 36.6 Å². The molecule has 7 nitrogen and oxygen atoms in total. The number of piperidine rings is 1. The largest absolute Gasteiger partial charge is 0.354 e. The molecule has 2 N–H and O–H groups in total. The number of nitrogens with one attached hydrogen (secondary N) is 2. The molecule has 9 heteroatoms. The molecule has 3 heterocycles. The quantitative estimate of drug-likeness (QED) is 0.743. The zero-order valence-corrected chi connectivity index (χ0v) is 18.6. The summed E-state index contributed by atoms with van der Waals surface area (Å²) in [5.41, 5.74) is 1.94. The van der Waals surface area contributed by atoms with Gasteiger partial charge in [-0.3, -0.25) is 14.3 Å². The molecule has 0 aromatic carbocycles. The van der Waals surface area contributed by atoms with Crippen LogP contribution in [0.1, 0.15) is 50.0 Å². The molecule has 3 rings (SSSR count). The third kappa shape index (κ3) is 5.84. The number of rotatable bonds is 5. The second kappa shape index (κ2) is 11.0. The molecule has 0 aliphatic carbocycles. The Morgan fingerprint density at radius 3 is 2.64 bits per heavy atom. The first-order valence-corrected chi connectivity index (χ1v) is 9.78. The first kappa shape index (κ1) is 24.7. The second-order valence-corrected chi connectivity index (χ2v) is 7.73. The van der Waals surface area contributed by atoms with E-state index in [1.54, 1.807) is 0 Å². The Kier molecular flexibility index (Phi) is 9.74. The van der Waals surface area contributed by atoms with Gasteiger partial charge in [-0.15, -0.1) is 24.8 Å². The minimum atomic E-state index is -0.292. The molecular formula is C19H33Cl2N5O2. The summed E-state index contributed by atoms with van der Waals surface area (Å²) in [6.07, 6.45) is 4.02. The van der Waals surface area contributed by atoms with E-state index in [-0.39, 0.29) is 48.7 Å². The molecule has 2 saturated heterocycles. The summed E-state index contributed by atoms with van der Waals surface area (Å²) in [5, 5.41) is 10.7. The molecule has 1 aromatic rings. The summed E-state index contributed by atoms with van der Waals surface area (Å²) in [5.74, 6) is 0.539. The molecule has 0 saturated carbocycles. The number of aromatic nitrogens is 2. The smallest absolute Gasteiger partial charge is 0.247 e. The maximum absolute atomic E-state index is 12.9. The van der Waals surface area contributed by atoms with Gasteiger partial charge in [0.1, 0.15) is 6.04 Å². The van der Waals surface area contributed by atoms with Crippen LogP contribution in [0.25, 0.3) is 0 Å². The van der Waals surface area contributed by atoms with Gasteiger partial charge in [-0.25, -0.2) is 0 Å². The standard InChI is InChI=1S/C19H31N5O2.2ClH/c1-13-10-14(2)24(22-13)15(3)19(26)23-9-5-6-16(12-23)11-21-18(25)17-7-4-8-20-17;;/h10,15-17,20H,4-9,11-12H2,1-3H3,(H,21,25);2*1H. The molecule has 28 heavy (non-hydrogen) atoms. The van der Waals surface area contributed by atoms with E-state index in [1.807, 2.05) is 36.4 Å². The number of hydrogen-bond acceptors (Lipinski definition) is 4. The molecule has 0 bridgehead atoms. The molecule has 0 radical (unpaired) electrons. The van der Waals surface area contributed by atoms with Crippen LogP contribution in [-0.2, 0) is 9.59 Å². The number of likely N-dealkylation sites (tertiary alicyclic amines) is 1. The Labute approximate surface area is 179 Å². The molecule has 3 unspecified atom stereocenters. The van der Waals surface area contributed by atoms with Gasteiger partial charge in [0.05, 0.1) is 11.7 Å². The number of hydrogen-bond donors (Lipinski definition) is 2. The zero-order valence-electron chi connectivity index (χ0n) is 16.9. The summed E-state index contributed by atoms with van der Waals surface area (Å²) >= 11 is 0. The van der Waals surface area contributed by atoms with Gasteiger partial charge in [-0.2, -0.15) is 5.10 Å². The van der Waals surface area contributed by atoms with Crippen molar-refractivity contribution in [2.75, 3.05) is 26.2 Å². The summed E-state index contributed by atoms with van der Waals surface area (Å²) in [6, 6.07) is 1.66. The number of carbonyl (C=O) groups is 2. The van der Waals surface area contributed by atoms with Crippen LogP contribution < -0.4 is 10.6 Å². The molecule has 2 aliphatic rings. The highest BCUT2D eigenvalue weighted by molar-refractivity contribution is 5.85. The van der Waals surface area contributed by atoms with Gasteiger partial charge in [0.15, 0.2) is 0 Å². The predicted octanol–water partition coefficient (Wildman–Crippen LogP) is 2.01. The van der Waals surface area contributed by atoms with Crippen LogP contribution in [0.5, 0.6) is 0 Å². The van der Waals surface area contributed by atoms with E-state index < -0.39 is 0 Å². The summed E-state index contributed by atoms with van der Waals surface area (Å²) in [4.78, 5) is 27.0. The maximum Gasteiger partial charge on any atom is 0.247 e. The van der Waals surface area contributed by atoms with E-state index in [0.717, 1.165) is 50.2 Å². The van der Waals surface area contributed by atoms with Crippen molar-refractivity contribution in [2.24, 2.45) is 5.92 Å². The molecule has 2 aliphatic heterocycles. The lowest BCUT2D eigenvalue weighted by molar-refractivity contribution is -0.136. The molecule has 2 fully saturated rings. The first-order valence-electron chi connectivity index (χ1n) is 9.78. The minimum absolute atomic E-state index is 0. The fourth-order valence-corrected chi connectivity index (χ4v) is 4.12. The van der Waals surface area contributed by atoms with Gasteiger partial charge in [0.25, 0.3) is 0 Å². The second-order valence-electron chi connectivity index (χ2n) is 7.73. The van der Waals surface area contributed by atoms with Crippen LogP contribution in [0, 0.1) is 19.8 Å². The number of nitrogens with zero attached hydrogens (tertiary/aromatic N) is 3. The highest BCUT2D eigenvalue weighted by atomic mass is 35.5. The van der Waals surface area contributed by atoms with Crippen molar-refractivity contribution in [3.05, 3.63) is 17.5 Å². The van der Waals surface area contributed by atoms with Gasteiger partial charge in [-0.1, -0.05) is 0 Å².